The molecule has 0 aliphatic carbocycles. The predicted molar refractivity (Wildman–Crippen MR) is 79.6 cm³/mol. The van der Waals surface area contributed by atoms with Gasteiger partial charge in [0, 0.05) is 19.8 Å². The lowest BCUT2D eigenvalue weighted by atomic mass is 10.1. The van der Waals surface area contributed by atoms with Crippen molar-refractivity contribution >= 4 is 0 Å². The van der Waals surface area contributed by atoms with E-state index in [9.17, 15) is 0 Å². The average Bonchev–Trinajstić information content (AvgIpc) is 2.50. The number of hydrogen-bond donors (Lipinski definition) is 1. The Morgan fingerprint density at radius 3 is 2.75 bits per heavy atom. The number of hydrogen-bond acceptors (Lipinski definition) is 4. The van der Waals surface area contributed by atoms with Crippen LogP contribution in [-0.4, -0.2) is 33.5 Å². The topological polar surface area (TPSA) is 39.7 Å². The first-order valence-corrected chi connectivity index (χ1v) is 7.43. The molecule has 112 valence electrons. The molecule has 0 saturated carbocycles. The predicted octanol–water partition coefficient (Wildman–Crippen LogP) is 2.93. The highest BCUT2D eigenvalue weighted by atomic mass is 16.6. The Morgan fingerprint density at radius 1 is 1.15 bits per heavy atom. The fourth-order valence-electron chi connectivity index (χ4n) is 2.31. The Bertz CT molecular complexity index is 409. The molecular formula is C16H25NO3. The van der Waals surface area contributed by atoms with E-state index in [1.807, 2.05) is 6.07 Å². The molecule has 1 atom stereocenters. The third kappa shape index (κ3) is 4.39. The molecule has 1 aliphatic heterocycles. The molecule has 1 aliphatic rings. The minimum atomic E-state index is 0.327. The third-order valence-corrected chi connectivity index (χ3v) is 3.54. The quantitative estimate of drug-likeness (QED) is 0.743. The summed E-state index contributed by atoms with van der Waals surface area (Å²) in [5.41, 5.74) is 1.24. The molecule has 1 aromatic rings. The van der Waals surface area contributed by atoms with Gasteiger partial charge >= 0.3 is 0 Å². The highest BCUT2D eigenvalue weighted by molar-refractivity contribution is 5.44. The monoisotopic (exact) mass is 279 g/mol. The largest absolute Gasteiger partial charge is 0.486 e. The van der Waals surface area contributed by atoms with Gasteiger partial charge in [0.15, 0.2) is 11.5 Å². The Hall–Kier alpha value is -1.26. The summed E-state index contributed by atoms with van der Waals surface area (Å²) in [6, 6.07) is 6.52. The summed E-state index contributed by atoms with van der Waals surface area (Å²) in [4.78, 5) is 0. The number of nitrogens with one attached hydrogen (secondary N) is 1. The van der Waals surface area contributed by atoms with E-state index < -0.39 is 0 Å². The number of ether oxygens (including phenoxy) is 3. The lowest BCUT2D eigenvalue weighted by Gasteiger charge is -2.21. The summed E-state index contributed by atoms with van der Waals surface area (Å²) in [6.45, 7) is 5.34. The Morgan fingerprint density at radius 2 is 1.95 bits per heavy atom. The maximum atomic E-state index is 5.62. The van der Waals surface area contributed by atoms with Crippen LogP contribution in [0, 0.1) is 0 Å². The van der Waals surface area contributed by atoms with Gasteiger partial charge in [-0.25, -0.2) is 0 Å². The standard InChI is InChI=1S/C16H25NO3/c1-13(17-8-4-3-5-9-18-2)14-6-7-15-16(12-14)20-11-10-19-15/h6-7,12-13,17H,3-5,8-11H2,1-2H3. The number of rotatable bonds is 8. The van der Waals surface area contributed by atoms with Crippen molar-refractivity contribution in [2.45, 2.75) is 32.2 Å². The van der Waals surface area contributed by atoms with Crippen LogP contribution < -0.4 is 14.8 Å². The maximum absolute atomic E-state index is 5.62. The van der Waals surface area contributed by atoms with Crippen molar-refractivity contribution in [1.29, 1.82) is 0 Å². The number of benzene rings is 1. The molecule has 0 aromatic heterocycles. The van der Waals surface area contributed by atoms with Crippen molar-refractivity contribution in [2.24, 2.45) is 0 Å². The molecule has 20 heavy (non-hydrogen) atoms. The summed E-state index contributed by atoms with van der Waals surface area (Å²) >= 11 is 0. The van der Waals surface area contributed by atoms with Crippen LogP contribution in [0.1, 0.15) is 37.8 Å². The molecule has 0 bridgehead atoms. The van der Waals surface area contributed by atoms with Crippen molar-refractivity contribution in [3.8, 4) is 11.5 Å². The van der Waals surface area contributed by atoms with E-state index in [-0.39, 0.29) is 0 Å². The molecule has 1 unspecified atom stereocenters. The van der Waals surface area contributed by atoms with Crippen LogP contribution in [0.25, 0.3) is 0 Å². The van der Waals surface area contributed by atoms with Crippen molar-refractivity contribution in [2.75, 3.05) is 33.5 Å². The van der Waals surface area contributed by atoms with E-state index in [1.54, 1.807) is 7.11 Å². The van der Waals surface area contributed by atoms with Crippen LogP contribution in [0.15, 0.2) is 18.2 Å². The number of methoxy groups -OCH3 is 1. The molecule has 1 N–H and O–H groups in total. The van der Waals surface area contributed by atoms with Crippen LogP contribution in [0.4, 0.5) is 0 Å². The van der Waals surface area contributed by atoms with Gasteiger partial charge < -0.3 is 19.5 Å². The van der Waals surface area contributed by atoms with Crippen LogP contribution in [0.5, 0.6) is 11.5 Å². The highest BCUT2D eigenvalue weighted by Gasteiger charge is 2.13. The summed E-state index contributed by atoms with van der Waals surface area (Å²) in [5.74, 6) is 1.72. The van der Waals surface area contributed by atoms with Gasteiger partial charge in [0.1, 0.15) is 13.2 Å². The first kappa shape index (κ1) is 15.1. The zero-order chi connectivity index (χ0) is 14.2. The SMILES string of the molecule is COCCCCCNC(C)c1ccc2c(c1)OCCO2. The van der Waals surface area contributed by atoms with E-state index >= 15 is 0 Å². The zero-order valence-corrected chi connectivity index (χ0v) is 12.5. The first-order valence-electron chi connectivity index (χ1n) is 7.43. The summed E-state index contributed by atoms with van der Waals surface area (Å²) in [5, 5.41) is 3.55. The van der Waals surface area contributed by atoms with Gasteiger partial charge in [-0.1, -0.05) is 6.07 Å². The molecule has 2 rings (SSSR count). The summed E-state index contributed by atoms with van der Waals surface area (Å²) in [6.07, 6.45) is 3.52. The lowest BCUT2D eigenvalue weighted by molar-refractivity contribution is 0.171. The van der Waals surface area contributed by atoms with E-state index in [4.69, 9.17) is 14.2 Å². The Labute approximate surface area is 121 Å². The molecule has 0 saturated heterocycles. The number of unbranched alkanes of at least 4 members (excludes halogenated alkanes) is 2. The zero-order valence-electron chi connectivity index (χ0n) is 12.5. The maximum Gasteiger partial charge on any atom is 0.161 e. The van der Waals surface area contributed by atoms with E-state index in [0.717, 1.165) is 31.1 Å². The molecule has 0 fully saturated rings. The molecule has 0 spiro atoms. The Kier molecular flexibility index (Phi) is 6.15. The van der Waals surface area contributed by atoms with Gasteiger partial charge in [0.05, 0.1) is 0 Å². The molecule has 0 amide bonds. The van der Waals surface area contributed by atoms with Gasteiger partial charge in [-0.15, -0.1) is 0 Å². The van der Waals surface area contributed by atoms with Gasteiger partial charge in [0.25, 0.3) is 0 Å². The molecule has 4 nitrogen and oxygen atoms in total. The Balaban J connectivity index is 1.76. The smallest absolute Gasteiger partial charge is 0.161 e. The van der Waals surface area contributed by atoms with E-state index in [1.165, 1.54) is 18.4 Å². The first-order chi connectivity index (χ1) is 9.81. The van der Waals surface area contributed by atoms with Crippen LogP contribution in [0.3, 0.4) is 0 Å². The fraction of sp³-hybridized carbons (Fsp3) is 0.625. The minimum absolute atomic E-state index is 0.327. The molecule has 4 heteroatoms. The van der Waals surface area contributed by atoms with Crippen molar-refractivity contribution in [3.63, 3.8) is 0 Å². The van der Waals surface area contributed by atoms with Gasteiger partial charge in [0.2, 0.25) is 0 Å². The summed E-state index contributed by atoms with van der Waals surface area (Å²) < 4.78 is 16.2. The second kappa shape index (κ2) is 8.12. The summed E-state index contributed by atoms with van der Waals surface area (Å²) in [7, 11) is 1.75. The fourth-order valence-corrected chi connectivity index (χ4v) is 2.31. The molecule has 1 aromatic carbocycles. The van der Waals surface area contributed by atoms with E-state index in [0.29, 0.717) is 19.3 Å². The van der Waals surface area contributed by atoms with Gasteiger partial charge in [-0.3, -0.25) is 0 Å². The average molecular weight is 279 g/mol. The lowest BCUT2D eigenvalue weighted by Crippen LogP contribution is -2.21. The molecule has 0 radical (unpaired) electrons. The second-order valence-electron chi connectivity index (χ2n) is 5.13. The van der Waals surface area contributed by atoms with Crippen LogP contribution in [0.2, 0.25) is 0 Å². The van der Waals surface area contributed by atoms with Gasteiger partial charge in [-0.05, 0) is 50.4 Å². The second-order valence-corrected chi connectivity index (χ2v) is 5.13. The number of fused-ring (bicyclic) bond motifs is 1. The minimum Gasteiger partial charge on any atom is -0.486 e. The van der Waals surface area contributed by atoms with Crippen molar-refractivity contribution in [3.05, 3.63) is 23.8 Å². The third-order valence-electron chi connectivity index (χ3n) is 3.54. The van der Waals surface area contributed by atoms with Crippen molar-refractivity contribution < 1.29 is 14.2 Å². The normalized spacial score (nSPS) is 15.1. The van der Waals surface area contributed by atoms with E-state index in [2.05, 4.69) is 24.4 Å². The van der Waals surface area contributed by atoms with Crippen LogP contribution in [-0.2, 0) is 4.74 Å². The molecular weight excluding hydrogens is 254 g/mol. The van der Waals surface area contributed by atoms with Crippen molar-refractivity contribution in [1.82, 2.24) is 5.32 Å². The van der Waals surface area contributed by atoms with Gasteiger partial charge in [-0.2, -0.15) is 0 Å². The highest BCUT2D eigenvalue weighted by Crippen LogP contribution is 2.32. The molecule has 1 heterocycles. The van der Waals surface area contributed by atoms with Crippen LogP contribution >= 0.6 is 0 Å².